The summed E-state index contributed by atoms with van der Waals surface area (Å²) in [5.74, 6) is 1.43. The molecule has 0 atom stereocenters. The van der Waals surface area contributed by atoms with Crippen LogP contribution in [0.2, 0.25) is 0 Å². The highest BCUT2D eigenvalue weighted by molar-refractivity contribution is 6.06. The van der Waals surface area contributed by atoms with Crippen molar-refractivity contribution in [3.05, 3.63) is 137 Å². The van der Waals surface area contributed by atoms with Crippen LogP contribution in [0.3, 0.4) is 0 Å². The van der Waals surface area contributed by atoms with Gasteiger partial charge in [0.15, 0.2) is 5.78 Å². The maximum absolute atomic E-state index is 12.7. The van der Waals surface area contributed by atoms with E-state index in [-0.39, 0.29) is 11.7 Å². The number of Topliss-reactive ketones (excluding diaryl/α,β-unsaturated/α-hetero) is 1. The summed E-state index contributed by atoms with van der Waals surface area (Å²) in [7, 11) is 1.89. The van der Waals surface area contributed by atoms with Gasteiger partial charge in [-0.15, -0.1) is 0 Å². The third kappa shape index (κ3) is 7.39. The van der Waals surface area contributed by atoms with Crippen LogP contribution < -0.4 is 16.0 Å². The van der Waals surface area contributed by atoms with Crippen molar-refractivity contribution in [2.45, 2.75) is 19.8 Å². The average molecular weight is 543 g/mol. The number of carbonyl (C=O) groups excluding carboxylic acids is 2. The highest BCUT2D eigenvalue weighted by Crippen LogP contribution is 2.18. The van der Waals surface area contributed by atoms with E-state index in [1.54, 1.807) is 24.3 Å². The summed E-state index contributed by atoms with van der Waals surface area (Å²) in [6, 6.07) is 32.2. The number of benzene rings is 4. The van der Waals surface area contributed by atoms with Crippen LogP contribution in [-0.4, -0.2) is 33.7 Å². The van der Waals surface area contributed by atoms with Crippen LogP contribution in [0.5, 0.6) is 0 Å². The normalized spacial score (nSPS) is 10.6. The van der Waals surface area contributed by atoms with Gasteiger partial charge in [-0.25, -0.2) is 4.98 Å². The second kappa shape index (κ2) is 12.7. The third-order valence-corrected chi connectivity index (χ3v) is 6.47. The average Bonchev–Trinajstić information content (AvgIpc) is 2.99. The molecule has 0 spiro atoms. The first-order valence-corrected chi connectivity index (χ1v) is 13.3. The van der Waals surface area contributed by atoms with Gasteiger partial charge in [-0.2, -0.15) is 9.97 Å². The molecule has 41 heavy (non-hydrogen) atoms. The predicted molar refractivity (Wildman–Crippen MR) is 162 cm³/mol. The lowest BCUT2D eigenvalue weighted by molar-refractivity contribution is 0.101. The van der Waals surface area contributed by atoms with Gasteiger partial charge >= 0.3 is 0 Å². The predicted octanol–water partition coefficient (Wildman–Crippen LogP) is 6.29. The number of hydrogen-bond donors (Lipinski definition) is 3. The second-order valence-electron chi connectivity index (χ2n) is 9.57. The molecule has 0 aliphatic heterocycles. The minimum Gasteiger partial charge on any atom is -0.388 e. The van der Waals surface area contributed by atoms with Gasteiger partial charge in [-0.1, -0.05) is 54.6 Å². The van der Waals surface area contributed by atoms with Crippen LogP contribution in [0, 0.1) is 0 Å². The Morgan fingerprint density at radius 1 is 0.634 bits per heavy atom. The molecule has 204 valence electrons. The van der Waals surface area contributed by atoms with Crippen LogP contribution >= 0.6 is 0 Å². The second-order valence-corrected chi connectivity index (χ2v) is 9.57. The van der Waals surface area contributed by atoms with E-state index in [9.17, 15) is 9.59 Å². The molecule has 0 saturated carbocycles. The molecular weight excluding hydrogens is 512 g/mol. The van der Waals surface area contributed by atoms with Crippen LogP contribution in [0.1, 0.15) is 50.4 Å². The maximum atomic E-state index is 12.7. The summed E-state index contributed by atoms with van der Waals surface area (Å²) < 4.78 is 0. The maximum Gasteiger partial charge on any atom is 0.255 e. The monoisotopic (exact) mass is 542 g/mol. The van der Waals surface area contributed by atoms with Crippen molar-refractivity contribution in [2.75, 3.05) is 23.0 Å². The third-order valence-electron chi connectivity index (χ3n) is 6.47. The van der Waals surface area contributed by atoms with Gasteiger partial charge < -0.3 is 16.0 Å². The largest absolute Gasteiger partial charge is 0.388 e. The van der Waals surface area contributed by atoms with Crippen molar-refractivity contribution >= 4 is 34.7 Å². The first kappa shape index (κ1) is 27.2. The highest BCUT2D eigenvalue weighted by Gasteiger charge is 2.11. The summed E-state index contributed by atoms with van der Waals surface area (Å²) in [6.07, 6.45) is 1.06. The molecule has 0 radical (unpaired) electrons. The summed E-state index contributed by atoms with van der Waals surface area (Å²) in [5, 5.41) is 9.31. The topological polar surface area (TPSA) is 109 Å². The molecule has 0 bridgehead atoms. The molecule has 5 aromatic rings. The zero-order chi connectivity index (χ0) is 28.6. The van der Waals surface area contributed by atoms with Gasteiger partial charge in [-0.3, -0.25) is 9.59 Å². The van der Waals surface area contributed by atoms with E-state index in [4.69, 9.17) is 4.98 Å². The van der Waals surface area contributed by atoms with Crippen LogP contribution in [0.4, 0.5) is 23.0 Å². The zero-order valence-electron chi connectivity index (χ0n) is 22.9. The van der Waals surface area contributed by atoms with Crippen molar-refractivity contribution in [3.63, 3.8) is 0 Å². The quantitative estimate of drug-likeness (QED) is 0.178. The molecule has 8 heteroatoms. The van der Waals surface area contributed by atoms with E-state index >= 15 is 0 Å². The molecule has 4 aromatic carbocycles. The number of hydrogen-bond acceptors (Lipinski definition) is 7. The van der Waals surface area contributed by atoms with Crippen molar-refractivity contribution in [2.24, 2.45) is 0 Å². The summed E-state index contributed by atoms with van der Waals surface area (Å²) >= 11 is 0. The summed E-state index contributed by atoms with van der Waals surface area (Å²) in [6.45, 7) is 1.48. The van der Waals surface area contributed by atoms with Crippen LogP contribution in [-0.2, 0) is 12.8 Å². The molecule has 3 N–H and O–H groups in total. The van der Waals surface area contributed by atoms with E-state index in [1.165, 1.54) is 6.92 Å². The number of amides is 1. The standard InChI is InChI=1S/C33H30N6O2/c1-22(40)25-7-6-8-26(21-25)32(41)35-29-17-13-24(14-18-29)20-31-37-30(19-23-11-15-27(34-2)16-12-23)38-33(39-31)36-28-9-4-3-5-10-28/h3-18,21,34H,19-20H2,1-2H3,(H,35,41)(H,36,37,38,39). The van der Waals surface area contributed by atoms with Crippen molar-refractivity contribution in [1.29, 1.82) is 0 Å². The molecule has 0 aliphatic carbocycles. The number of aromatic nitrogens is 3. The number of rotatable bonds is 10. The summed E-state index contributed by atoms with van der Waals surface area (Å²) in [5.41, 5.74) is 5.60. The molecular formula is C33H30N6O2. The number of anilines is 4. The number of nitrogens with zero attached hydrogens (tertiary/aromatic N) is 3. The molecule has 0 aliphatic rings. The minimum atomic E-state index is -0.276. The number of carbonyl (C=O) groups is 2. The van der Waals surface area contributed by atoms with Crippen molar-refractivity contribution in [3.8, 4) is 0 Å². The van der Waals surface area contributed by atoms with Crippen LogP contribution in [0.25, 0.3) is 0 Å². The van der Waals surface area contributed by atoms with E-state index in [0.717, 1.165) is 22.5 Å². The molecule has 1 aromatic heterocycles. The first-order chi connectivity index (χ1) is 19.9. The number of ketones is 1. The van der Waals surface area contributed by atoms with E-state index < -0.39 is 0 Å². The van der Waals surface area contributed by atoms with Gasteiger partial charge in [0.1, 0.15) is 11.6 Å². The lowest BCUT2D eigenvalue weighted by Crippen LogP contribution is -2.12. The molecule has 0 saturated heterocycles. The smallest absolute Gasteiger partial charge is 0.255 e. The lowest BCUT2D eigenvalue weighted by atomic mass is 10.1. The van der Waals surface area contributed by atoms with Gasteiger partial charge in [0.05, 0.1) is 0 Å². The SMILES string of the molecule is CNc1ccc(Cc2nc(Cc3ccc(NC(=O)c4cccc(C(C)=O)c4)cc3)nc(Nc3ccccc3)n2)cc1. The van der Waals surface area contributed by atoms with Crippen molar-refractivity contribution in [1.82, 2.24) is 15.0 Å². The molecule has 0 unspecified atom stereocenters. The van der Waals surface area contributed by atoms with Crippen LogP contribution in [0.15, 0.2) is 103 Å². The molecule has 1 amide bonds. The van der Waals surface area contributed by atoms with E-state index in [2.05, 4.69) is 38.1 Å². The Bertz CT molecular complexity index is 1650. The van der Waals surface area contributed by atoms with Gasteiger partial charge in [0, 0.05) is 48.1 Å². The Balaban J connectivity index is 1.33. The summed E-state index contributed by atoms with van der Waals surface area (Å²) in [4.78, 5) is 38.5. The molecule has 8 nitrogen and oxygen atoms in total. The van der Waals surface area contributed by atoms with E-state index in [1.807, 2.05) is 73.8 Å². The Hall–Kier alpha value is -5.37. The van der Waals surface area contributed by atoms with Gasteiger partial charge in [-0.05, 0) is 66.6 Å². The zero-order valence-corrected chi connectivity index (χ0v) is 22.9. The Morgan fingerprint density at radius 3 is 1.80 bits per heavy atom. The lowest BCUT2D eigenvalue weighted by Gasteiger charge is -2.11. The fraction of sp³-hybridized carbons (Fsp3) is 0.121. The van der Waals surface area contributed by atoms with Gasteiger partial charge in [0.2, 0.25) is 5.95 Å². The Kier molecular flexibility index (Phi) is 8.40. The molecule has 5 rings (SSSR count). The fourth-order valence-electron chi connectivity index (χ4n) is 4.28. The number of nitrogens with one attached hydrogen (secondary N) is 3. The number of para-hydroxylation sites is 1. The van der Waals surface area contributed by atoms with Gasteiger partial charge in [0.25, 0.3) is 5.91 Å². The fourth-order valence-corrected chi connectivity index (χ4v) is 4.28. The Labute approximate surface area is 238 Å². The van der Waals surface area contributed by atoms with Crippen molar-refractivity contribution < 1.29 is 9.59 Å². The minimum absolute atomic E-state index is 0.0840. The highest BCUT2D eigenvalue weighted by atomic mass is 16.1. The molecule has 0 fully saturated rings. The first-order valence-electron chi connectivity index (χ1n) is 13.3. The van der Waals surface area contributed by atoms with E-state index in [0.29, 0.717) is 47.3 Å². The Morgan fingerprint density at radius 2 is 1.22 bits per heavy atom. The molecule has 1 heterocycles.